The molecule has 2 atom stereocenters. The van der Waals surface area contributed by atoms with E-state index in [1.807, 2.05) is 18.2 Å². The van der Waals surface area contributed by atoms with Crippen LogP contribution < -0.4 is 9.64 Å². The summed E-state index contributed by atoms with van der Waals surface area (Å²) >= 11 is 0. The Morgan fingerprint density at radius 2 is 1.64 bits per heavy atom. The molecule has 0 spiro atoms. The number of nitrogens with zero attached hydrogens (tertiary/aromatic N) is 3. The van der Waals surface area contributed by atoms with Crippen molar-refractivity contribution in [2.24, 2.45) is 5.92 Å². The predicted molar refractivity (Wildman–Crippen MR) is 142 cm³/mol. The minimum atomic E-state index is -4.44. The van der Waals surface area contributed by atoms with Crippen LogP contribution in [0.2, 0.25) is 0 Å². The number of carbonyl (C=O) groups is 1. The van der Waals surface area contributed by atoms with E-state index in [4.69, 9.17) is 4.74 Å². The van der Waals surface area contributed by atoms with Gasteiger partial charge in [0.05, 0.1) is 12.7 Å². The van der Waals surface area contributed by atoms with Gasteiger partial charge in [-0.25, -0.2) is 4.39 Å². The maximum atomic E-state index is 13.5. The molecule has 5 nitrogen and oxygen atoms in total. The third-order valence-electron chi connectivity index (χ3n) is 7.74. The molecular formula is C30H31F4N3O2. The smallest absolute Gasteiger partial charge is 0.416 e. The quantitative estimate of drug-likeness (QED) is 0.385. The van der Waals surface area contributed by atoms with Gasteiger partial charge < -0.3 is 14.5 Å². The van der Waals surface area contributed by atoms with Crippen molar-refractivity contribution in [2.45, 2.75) is 12.1 Å². The van der Waals surface area contributed by atoms with Gasteiger partial charge in [-0.1, -0.05) is 24.3 Å². The van der Waals surface area contributed by atoms with Crippen LogP contribution in [-0.4, -0.2) is 68.6 Å². The van der Waals surface area contributed by atoms with E-state index in [9.17, 15) is 22.4 Å². The summed E-state index contributed by atoms with van der Waals surface area (Å²) in [5.74, 6) is -0.150. The molecular weight excluding hydrogens is 510 g/mol. The Hall–Kier alpha value is -3.59. The summed E-state index contributed by atoms with van der Waals surface area (Å²) < 4.78 is 59.2. The van der Waals surface area contributed by atoms with Crippen LogP contribution in [-0.2, 0) is 6.18 Å². The molecule has 2 saturated heterocycles. The molecule has 2 unspecified atom stereocenters. The lowest BCUT2D eigenvalue weighted by Crippen LogP contribution is -2.48. The first-order valence-corrected chi connectivity index (χ1v) is 13.0. The number of anilines is 1. The van der Waals surface area contributed by atoms with E-state index < -0.39 is 17.6 Å². The molecule has 206 valence electrons. The summed E-state index contributed by atoms with van der Waals surface area (Å²) in [4.78, 5) is 19.6. The zero-order valence-corrected chi connectivity index (χ0v) is 21.7. The predicted octanol–water partition coefficient (Wildman–Crippen LogP) is 5.53. The molecule has 0 radical (unpaired) electrons. The van der Waals surface area contributed by atoms with Crippen LogP contribution in [0.4, 0.5) is 23.2 Å². The Balaban J connectivity index is 1.32. The van der Waals surface area contributed by atoms with E-state index in [0.717, 1.165) is 43.7 Å². The van der Waals surface area contributed by atoms with Crippen molar-refractivity contribution >= 4 is 11.6 Å². The summed E-state index contributed by atoms with van der Waals surface area (Å²) in [6.07, 6.45) is -4.44. The SMILES string of the molecule is COc1cccc(N2CCN(CC3CN(C(=O)c4ccc(F)cc4)CC3c3cccc(C(F)(F)F)c3)CC2)c1. The van der Waals surface area contributed by atoms with Crippen molar-refractivity contribution in [3.05, 3.63) is 95.3 Å². The van der Waals surface area contributed by atoms with Gasteiger partial charge in [-0.2, -0.15) is 13.2 Å². The zero-order chi connectivity index (χ0) is 27.6. The van der Waals surface area contributed by atoms with Crippen LogP contribution in [0.15, 0.2) is 72.8 Å². The third kappa shape index (κ3) is 6.19. The van der Waals surface area contributed by atoms with E-state index in [1.165, 1.54) is 36.4 Å². The number of amides is 1. The van der Waals surface area contributed by atoms with Crippen molar-refractivity contribution in [3.8, 4) is 5.75 Å². The number of hydrogen-bond donors (Lipinski definition) is 0. The number of methoxy groups -OCH3 is 1. The summed E-state index contributed by atoms with van der Waals surface area (Å²) in [5, 5.41) is 0. The van der Waals surface area contributed by atoms with Gasteiger partial charge in [0.2, 0.25) is 0 Å². The molecule has 2 aliphatic rings. The molecule has 3 aromatic carbocycles. The molecule has 2 fully saturated rings. The van der Waals surface area contributed by atoms with Crippen molar-refractivity contribution in [1.29, 1.82) is 0 Å². The van der Waals surface area contributed by atoms with Crippen molar-refractivity contribution < 1.29 is 27.1 Å². The molecule has 1 amide bonds. The van der Waals surface area contributed by atoms with E-state index in [1.54, 1.807) is 18.1 Å². The Morgan fingerprint density at radius 3 is 2.33 bits per heavy atom. The van der Waals surface area contributed by atoms with Crippen LogP contribution in [0.25, 0.3) is 0 Å². The highest BCUT2D eigenvalue weighted by atomic mass is 19.4. The Kier molecular flexibility index (Phi) is 7.79. The van der Waals surface area contributed by atoms with E-state index >= 15 is 0 Å². The van der Waals surface area contributed by atoms with Crippen LogP contribution in [0.1, 0.15) is 27.4 Å². The molecule has 3 aromatic rings. The lowest BCUT2D eigenvalue weighted by Gasteiger charge is -2.38. The number of piperazine rings is 1. The first-order chi connectivity index (χ1) is 18.7. The average molecular weight is 542 g/mol. The fourth-order valence-electron chi connectivity index (χ4n) is 5.65. The summed E-state index contributed by atoms with van der Waals surface area (Å²) in [7, 11) is 1.64. The molecule has 5 rings (SSSR count). The van der Waals surface area contributed by atoms with Gasteiger partial charge in [0, 0.05) is 69.0 Å². The van der Waals surface area contributed by atoms with Gasteiger partial charge >= 0.3 is 6.18 Å². The highest BCUT2D eigenvalue weighted by molar-refractivity contribution is 5.94. The molecule has 0 saturated carbocycles. The van der Waals surface area contributed by atoms with Crippen LogP contribution >= 0.6 is 0 Å². The molecule has 39 heavy (non-hydrogen) atoms. The molecule has 0 bridgehead atoms. The number of ether oxygens (including phenoxy) is 1. The number of rotatable bonds is 6. The fourth-order valence-corrected chi connectivity index (χ4v) is 5.65. The number of alkyl halides is 3. The maximum absolute atomic E-state index is 13.5. The second-order valence-corrected chi connectivity index (χ2v) is 10.2. The van der Waals surface area contributed by atoms with Gasteiger partial charge in [-0.15, -0.1) is 0 Å². The molecule has 9 heteroatoms. The highest BCUT2D eigenvalue weighted by Crippen LogP contribution is 2.37. The number of likely N-dealkylation sites (tertiary alicyclic amines) is 1. The Labute approximate surface area is 225 Å². The van der Waals surface area contributed by atoms with Crippen LogP contribution in [0.5, 0.6) is 5.75 Å². The van der Waals surface area contributed by atoms with Gasteiger partial charge in [-0.3, -0.25) is 9.69 Å². The van der Waals surface area contributed by atoms with Crippen LogP contribution in [0, 0.1) is 11.7 Å². The second kappa shape index (κ2) is 11.3. The Bertz CT molecular complexity index is 1290. The third-order valence-corrected chi connectivity index (χ3v) is 7.74. The van der Waals surface area contributed by atoms with Crippen molar-refractivity contribution in [1.82, 2.24) is 9.80 Å². The van der Waals surface area contributed by atoms with Gasteiger partial charge in [0.15, 0.2) is 0 Å². The summed E-state index contributed by atoms with van der Waals surface area (Å²) in [6, 6.07) is 18.8. The summed E-state index contributed by atoms with van der Waals surface area (Å²) in [5.41, 5.74) is 1.35. The zero-order valence-electron chi connectivity index (χ0n) is 21.7. The largest absolute Gasteiger partial charge is 0.497 e. The van der Waals surface area contributed by atoms with E-state index in [2.05, 4.69) is 15.9 Å². The lowest BCUT2D eigenvalue weighted by molar-refractivity contribution is -0.137. The summed E-state index contributed by atoms with van der Waals surface area (Å²) in [6.45, 7) is 4.63. The second-order valence-electron chi connectivity index (χ2n) is 10.2. The fraction of sp³-hybridized carbons (Fsp3) is 0.367. The lowest BCUT2D eigenvalue weighted by atomic mass is 9.87. The molecule has 2 aliphatic heterocycles. The number of halogens is 4. The maximum Gasteiger partial charge on any atom is 0.416 e. The van der Waals surface area contributed by atoms with E-state index in [-0.39, 0.29) is 17.7 Å². The van der Waals surface area contributed by atoms with Crippen molar-refractivity contribution in [2.75, 3.05) is 57.8 Å². The minimum absolute atomic E-state index is 0.0405. The van der Waals surface area contributed by atoms with E-state index in [0.29, 0.717) is 30.8 Å². The topological polar surface area (TPSA) is 36.0 Å². The van der Waals surface area contributed by atoms with Gasteiger partial charge in [-0.05, 0) is 53.9 Å². The Morgan fingerprint density at radius 1 is 0.923 bits per heavy atom. The van der Waals surface area contributed by atoms with Gasteiger partial charge in [0.1, 0.15) is 11.6 Å². The van der Waals surface area contributed by atoms with Crippen molar-refractivity contribution in [3.63, 3.8) is 0 Å². The highest BCUT2D eigenvalue weighted by Gasteiger charge is 2.39. The number of carbonyl (C=O) groups excluding carboxylic acids is 1. The average Bonchev–Trinajstić information content (AvgIpc) is 3.37. The number of hydrogen-bond acceptors (Lipinski definition) is 4. The molecule has 0 N–H and O–H groups in total. The molecule has 0 aliphatic carbocycles. The molecule has 0 aromatic heterocycles. The van der Waals surface area contributed by atoms with Crippen LogP contribution in [0.3, 0.4) is 0 Å². The monoisotopic (exact) mass is 541 g/mol. The minimum Gasteiger partial charge on any atom is -0.497 e. The normalized spacial score (nSPS) is 20.3. The molecule has 2 heterocycles. The van der Waals surface area contributed by atoms with Gasteiger partial charge in [0.25, 0.3) is 5.91 Å². The number of benzene rings is 3. The first-order valence-electron chi connectivity index (χ1n) is 13.0. The standard InChI is InChI=1S/C30H31F4N3O2/c1-39-27-7-3-6-26(17-27)36-14-12-35(13-15-36)18-23-19-37(29(38)21-8-10-25(31)11-9-21)20-28(23)22-4-2-5-24(16-22)30(32,33)34/h2-11,16-17,23,28H,12-15,18-20H2,1H3. The first kappa shape index (κ1) is 27.0.